The van der Waals surface area contributed by atoms with E-state index in [0.717, 1.165) is 0 Å². The summed E-state index contributed by atoms with van der Waals surface area (Å²) >= 11 is 0. The van der Waals surface area contributed by atoms with Gasteiger partial charge < -0.3 is 0 Å². The van der Waals surface area contributed by atoms with E-state index in [1.54, 1.807) is 50.3 Å². The van der Waals surface area contributed by atoms with Crippen LogP contribution in [0.25, 0.3) is 0 Å². The van der Waals surface area contributed by atoms with Crippen molar-refractivity contribution in [3.63, 3.8) is 0 Å². The van der Waals surface area contributed by atoms with Crippen LogP contribution in [0.2, 0.25) is 0 Å². The van der Waals surface area contributed by atoms with Crippen molar-refractivity contribution in [2.75, 3.05) is 24.6 Å². The molecule has 0 aromatic carbocycles. The number of hydrogen-bond donors (Lipinski definition) is 0. The van der Waals surface area contributed by atoms with E-state index < -0.39 is 7.26 Å². The molecule has 0 radical (unpaired) electrons. The first-order chi connectivity index (χ1) is 26.2. The molecule has 0 aliphatic heterocycles. The first-order valence-corrected chi connectivity index (χ1v) is 28.6. The molecule has 0 N–H and O–H groups in total. The fourth-order valence-electron chi connectivity index (χ4n) is 9.12. The van der Waals surface area contributed by atoms with E-state index in [0.29, 0.717) is 0 Å². The Balaban J connectivity index is 4.84. The molecule has 0 rings (SSSR count). The van der Waals surface area contributed by atoms with Crippen LogP contribution >= 0.6 is 7.26 Å². The molecule has 0 atom stereocenters. The van der Waals surface area contributed by atoms with Gasteiger partial charge in [0, 0.05) is 7.26 Å². The summed E-state index contributed by atoms with van der Waals surface area (Å²) in [5.74, 6) is 0. The molecule has 320 valence electrons. The van der Waals surface area contributed by atoms with E-state index in [2.05, 4.69) is 27.7 Å². The average Bonchev–Trinajstić information content (AvgIpc) is 3.17. The van der Waals surface area contributed by atoms with Crippen molar-refractivity contribution in [2.45, 2.75) is 310 Å². The lowest BCUT2D eigenvalue weighted by atomic mass is 10.1. The van der Waals surface area contributed by atoms with Crippen molar-refractivity contribution in [3.05, 3.63) is 0 Å². The highest BCUT2D eigenvalue weighted by Gasteiger charge is 2.35. The smallest absolute Gasteiger partial charge is 0.0594 e. The topological polar surface area (TPSA) is 0 Å². The molecule has 0 aromatic rings. The van der Waals surface area contributed by atoms with Crippen molar-refractivity contribution < 1.29 is 0 Å². The molecule has 0 fully saturated rings. The van der Waals surface area contributed by atoms with E-state index in [1.807, 2.05) is 0 Å². The second kappa shape index (κ2) is 46.8. The van der Waals surface area contributed by atoms with Gasteiger partial charge in [0.15, 0.2) is 0 Å². The monoisotopic (exact) mass is 764 g/mol. The highest BCUT2D eigenvalue weighted by molar-refractivity contribution is 7.75. The van der Waals surface area contributed by atoms with Gasteiger partial charge in [-0.15, -0.1) is 0 Å². The Morgan fingerprint density at radius 1 is 0.151 bits per heavy atom. The summed E-state index contributed by atoms with van der Waals surface area (Å²) < 4.78 is 0. The molecular formula is C52H108P+. The van der Waals surface area contributed by atoms with Gasteiger partial charge in [-0.1, -0.05) is 259 Å². The zero-order valence-corrected chi connectivity index (χ0v) is 39.3. The minimum Gasteiger partial charge on any atom is -0.0654 e. The van der Waals surface area contributed by atoms with Gasteiger partial charge >= 0.3 is 0 Å². The maximum atomic E-state index is 2.35. The third-order valence-corrected chi connectivity index (χ3v) is 18.0. The Kier molecular flexibility index (Phi) is 47.2. The normalized spacial score (nSPS) is 12.0. The van der Waals surface area contributed by atoms with Crippen molar-refractivity contribution in [1.29, 1.82) is 0 Å². The van der Waals surface area contributed by atoms with Gasteiger partial charge in [0.1, 0.15) is 0 Å². The molecule has 53 heavy (non-hydrogen) atoms. The maximum Gasteiger partial charge on any atom is 0.0594 e. The Labute approximate surface area is 340 Å². The highest BCUT2D eigenvalue weighted by atomic mass is 31.2. The summed E-state index contributed by atoms with van der Waals surface area (Å²) in [7, 11) is -0.802. The first-order valence-electron chi connectivity index (χ1n) is 26.1. The Morgan fingerprint density at radius 3 is 0.396 bits per heavy atom. The summed E-state index contributed by atoms with van der Waals surface area (Å²) in [5.41, 5.74) is 0. The van der Waals surface area contributed by atoms with Crippen LogP contribution in [0.4, 0.5) is 0 Å². The Hall–Kier alpha value is 0.430. The molecule has 0 nitrogen and oxygen atoms in total. The second-order valence-corrected chi connectivity index (χ2v) is 22.9. The van der Waals surface area contributed by atoms with Gasteiger partial charge in [-0.3, -0.25) is 0 Å². The van der Waals surface area contributed by atoms with Gasteiger partial charge in [0.25, 0.3) is 0 Å². The van der Waals surface area contributed by atoms with E-state index in [9.17, 15) is 0 Å². The lowest BCUT2D eigenvalue weighted by molar-refractivity contribution is 0.545. The Bertz CT molecular complexity index is 557. The summed E-state index contributed by atoms with van der Waals surface area (Å²) in [6.07, 6.45) is 72.3. The predicted molar refractivity (Wildman–Crippen MR) is 252 cm³/mol. The molecule has 0 amide bonds. The maximum absolute atomic E-state index is 2.35. The molecule has 0 heterocycles. The van der Waals surface area contributed by atoms with E-state index in [1.165, 1.54) is 257 Å². The molecule has 1 heteroatoms. The summed E-state index contributed by atoms with van der Waals surface area (Å²) in [5, 5.41) is 0. The first kappa shape index (κ1) is 53.4. The van der Waals surface area contributed by atoms with Crippen LogP contribution in [0.1, 0.15) is 310 Å². The van der Waals surface area contributed by atoms with Crippen molar-refractivity contribution in [3.8, 4) is 0 Å². The summed E-state index contributed by atoms with van der Waals surface area (Å²) in [6, 6.07) is 0. The quantitative estimate of drug-likeness (QED) is 0.0428. The number of hydrogen-bond acceptors (Lipinski definition) is 0. The second-order valence-electron chi connectivity index (χ2n) is 18.4. The van der Waals surface area contributed by atoms with Gasteiger partial charge in [0.05, 0.1) is 24.6 Å². The molecule has 0 bridgehead atoms. The molecule has 0 saturated carbocycles. The standard InChI is InChI=1S/C52H108P/c1-5-9-13-17-21-25-28-31-34-38-42-46-50-53(49-45-41-37-24-20-16-12-8-4,51-47-43-39-35-32-29-26-22-18-14-10-6-2)52-48-44-40-36-33-30-27-23-19-15-11-7-3/h5-52H2,1-4H3/q+1. The van der Waals surface area contributed by atoms with Crippen molar-refractivity contribution in [2.24, 2.45) is 0 Å². The number of unbranched alkanes of at least 4 members (excludes halogenated alkanes) is 40. The fraction of sp³-hybridized carbons (Fsp3) is 1.00. The molecule has 0 saturated heterocycles. The van der Waals surface area contributed by atoms with Crippen LogP contribution in [0.5, 0.6) is 0 Å². The molecule has 0 unspecified atom stereocenters. The van der Waals surface area contributed by atoms with E-state index >= 15 is 0 Å². The molecule has 0 spiro atoms. The molecule has 0 aromatic heterocycles. The van der Waals surface area contributed by atoms with Crippen LogP contribution in [0, 0.1) is 0 Å². The van der Waals surface area contributed by atoms with E-state index in [-0.39, 0.29) is 0 Å². The van der Waals surface area contributed by atoms with E-state index in [4.69, 9.17) is 0 Å². The summed E-state index contributed by atoms with van der Waals surface area (Å²) in [4.78, 5) is 0. The molecule has 0 aliphatic carbocycles. The van der Waals surface area contributed by atoms with Gasteiger partial charge in [0.2, 0.25) is 0 Å². The summed E-state index contributed by atoms with van der Waals surface area (Å²) in [6.45, 7) is 9.36. The van der Waals surface area contributed by atoms with Gasteiger partial charge in [-0.2, -0.15) is 0 Å². The van der Waals surface area contributed by atoms with Crippen LogP contribution in [-0.4, -0.2) is 24.6 Å². The molecule has 0 aliphatic rings. The van der Waals surface area contributed by atoms with Crippen LogP contribution in [0.3, 0.4) is 0 Å². The number of rotatable bonds is 48. The van der Waals surface area contributed by atoms with Crippen LogP contribution < -0.4 is 0 Å². The Morgan fingerprint density at radius 2 is 0.264 bits per heavy atom. The SMILES string of the molecule is CCCCCCCCCCCCCC[P+](CCCCCCCCCC)(CCCCCCCCCCCCCC)CCCCCCCCCCCCCC. The van der Waals surface area contributed by atoms with Gasteiger partial charge in [-0.05, 0) is 51.4 Å². The van der Waals surface area contributed by atoms with Crippen molar-refractivity contribution >= 4 is 7.26 Å². The zero-order valence-electron chi connectivity index (χ0n) is 38.4. The predicted octanol–water partition coefficient (Wildman–Crippen LogP) is 20.2. The minimum absolute atomic E-state index is 0.802. The third kappa shape index (κ3) is 41.9. The lowest BCUT2D eigenvalue weighted by Gasteiger charge is -2.28. The van der Waals surface area contributed by atoms with Gasteiger partial charge in [-0.25, -0.2) is 0 Å². The molecular weight excluding hydrogens is 656 g/mol. The van der Waals surface area contributed by atoms with Crippen molar-refractivity contribution in [1.82, 2.24) is 0 Å². The zero-order chi connectivity index (χ0) is 38.4. The lowest BCUT2D eigenvalue weighted by Crippen LogP contribution is -2.13. The largest absolute Gasteiger partial charge is 0.0654 e. The fourth-order valence-corrected chi connectivity index (χ4v) is 14.0. The third-order valence-electron chi connectivity index (χ3n) is 12.9. The average molecular weight is 764 g/mol. The van der Waals surface area contributed by atoms with Crippen LogP contribution in [-0.2, 0) is 0 Å². The highest BCUT2D eigenvalue weighted by Crippen LogP contribution is 2.61. The minimum atomic E-state index is -0.802. The van der Waals surface area contributed by atoms with Crippen LogP contribution in [0.15, 0.2) is 0 Å².